The van der Waals surface area contributed by atoms with Gasteiger partial charge in [-0.15, -0.1) is 5.10 Å². The molecule has 1 aliphatic rings. The number of aryl methyl sites for hydroxylation is 1. The molecule has 1 saturated heterocycles. The number of carboxylic acid groups (broad SMARTS) is 1. The van der Waals surface area contributed by atoms with Crippen molar-refractivity contribution < 1.29 is 48.1 Å². The number of aromatic nitrogens is 3. The summed E-state index contributed by atoms with van der Waals surface area (Å²) in [6, 6.07) is 9.89. The predicted octanol–water partition coefficient (Wildman–Crippen LogP) is -1.35. The van der Waals surface area contributed by atoms with E-state index in [0.29, 0.717) is 42.0 Å². The van der Waals surface area contributed by atoms with Gasteiger partial charge < -0.3 is 52.6 Å². The molecule has 1 fully saturated rings. The number of esters is 1. The summed E-state index contributed by atoms with van der Waals surface area (Å²) in [6.07, 6.45) is 2.07. The number of carboxylic acids is 1. The lowest BCUT2D eigenvalue weighted by Gasteiger charge is -2.26. The number of hydrogen-bond donors (Lipinski definition) is 8. The molecule has 316 valence electrons. The zero-order chi connectivity index (χ0) is 42.7. The first kappa shape index (κ1) is 44.7. The van der Waals surface area contributed by atoms with Crippen molar-refractivity contribution in [3.8, 4) is 5.75 Å². The highest BCUT2D eigenvalue weighted by atomic mass is 16.5. The smallest absolute Gasteiger partial charge is 0.337 e. The first-order valence-electron chi connectivity index (χ1n) is 18.8. The number of amides is 5. The first-order valence-corrected chi connectivity index (χ1v) is 18.8. The predicted molar refractivity (Wildman–Crippen MR) is 209 cm³/mol. The van der Waals surface area contributed by atoms with Crippen LogP contribution in [-0.2, 0) is 53.1 Å². The Bertz CT molecular complexity index is 1970. The second-order valence-electron chi connectivity index (χ2n) is 13.5. The quantitative estimate of drug-likeness (QED) is 0.0338. The number of nitrogens with two attached hydrogens (primary N) is 2. The Morgan fingerprint density at radius 1 is 0.847 bits per heavy atom. The van der Waals surface area contributed by atoms with Crippen molar-refractivity contribution in [2.45, 2.75) is 82.3 Å². The first-order chi connectivity index (χ1) is 28.3. The standard InChI is InChI=1S/C38H49N11O10/c1-58-37(57)24-11-7-12-26(18-24)59-22-25-21-49(48-47-25)16-6-5-13-28-34(54)44-27(14-8-15-41-38(39)40)33(53)42-20-31(50)43-30(19-32(51)52)36(56)46-29(35(55)45-28)17-23-9-3-2-4-10-23/h2-4,7,9-12,18,21,27-30H,5-6,8,13-17,19-20,22H2,1H3,(H,42,53)(H,43,50)(H,44,54)(H,45,55)(H,46,56)(H,51,52)(H4,39,40,41)/t27-,28-,29+,30-/m0/s1. The molecule has 21 nitrogen and oxygen atoms in total. The molecule has 2 heterocycles. The molecule has 0 unspecified atom stereocenters. The van der Waals surface area contributed by atoms with E-state index in [-0.39, 0.29) is 44.8 Å². The molecule has 3 aromatic rings. The molecule has 2 aromatic carbocycles. The van der Waals surface area contributed by atoms with Crippen LogP contribution in [0.25, 0.3) is 0 Å². The van der Waals surface area contributed by atoms with Gasteiger partial charge in [0, 0.05) is 19.5 Å². The number of carbonyl (C=O) groups is 7. The van der Waals surface area contributed by atoms with E-state index in [0.717, 1.165) is 0 Å². The van der Waals surface area contributed by atoms with Crippen LogP contribution in [0.1, 0.15) is 60.1 Å². The van der Waals surface area contributed by atoms with Crippen LogP contribution in [0.15, 0.2) is 65.8 Å². The topological polar surface area (TPSA) is 313 Å². The Hall–Kier alpha value is -7.06. The van der Waals surface area contributed by atoms with Gasteiger partial charge in [-0.25, -0.2) is 4.79 Å². The molecule has 0 bridgehead atoms. The van der Waals surface area contributed by atoms with E-state index in [1.54, 1.807) is 65.5 Å². The highest BCUT2D eigenvalue weighted by Gasteiger charge is 2.33. The number of methoxy groups -OCH3 is 1. The van der Waals surface area contributed by atoms with Crippen molar-refractivity contribution in [3.05, 3.63) is 77.6 Å². The molecular weight excluding hydrogens is 770 g/mol. The third-order valence-corrected chi connectivity index (χ3v) is 8.94. The molecule has 0 saturated carbocycles. The molecule has 59 heavy (non-hydrogen) atoms. The van der Waals surface area contributed by atoms with E-state index in [4.69, 9.17) is 20.9 Å². The Morgan fingerprint density at radius 2 is 1.53 bits per heavy atom. The lowest BCUT2D eigenvalue weighted by molar-refractivity contribution is -0.141. The van der Waals surface area contributed by atoms with Crippen LogP contribution in [0.4, 0.5) is 0 Å². The molecule has 4 rings (SSSR count). The van der Waals surface area contributed by atoms with Gasteiger partial charge in [-0.3, -0.25) is 38.4 Å². The van der Waals surface area contributed by atoms with Gasteiger partial charge >= 0.3 is 11.9 Å². The third-order valence-electron chi connectivity index (χ3n) is 8.94. The summed E-state index contributed by atoms with van der Waals surface area (Å²) in [5, 5.41) is 30.4. The molecule has 21 heteroatoms. The highest BCUT2D eigenvalue weighted by Crippen LogP contribution is 2.16. The van der Waals surface area contributed by atoms with Crippen LogP contribution in [-0.4, -0.2) is 112 Å². The molecule has 0 spiro atoms. The normalized spacial score (nSPS) is 19.0. The number of aliphatic imine (C=N–C) groups is 1. The molecule has 5 amide bonds. The maximum absolute atomic E-state index is 14.0. The van der Waals surface area contributed by atoms with E-state index in [1.165, 1.54) is 7.11 Å². The molecular formula is C38H49N11O10. The van der Waals surface area contributed by atoms with Gasteiger partial charge in [0.05, 0.1) is 31.8 Å². The summed E-state index contributed by atoms with van der Waals surface area (Å²) in [4.78, 5) is 94.9. The molecule has 0 aliphatic carbocycles. The minimum absolute atomic E-state index is 0.0387. The van der Waals surface area contributed by atoms with Crippen LogP contribution in [0.5, 0.6) is 5.75 Å². The lowest BCUT2D eigenvalue weighted by Crippen LogP contribution is -2.58. The monoisotopic (exact) mass is 819 g/mol. The van der Waals surface area contributed by atoms with E-state index in [9.17, 15) is 38.7 Å². The average molecular weight is 820 g/mol. The minimum atomic E-state index is -1.60. The van der Waals surface area contributed by atoms with E-state index < -0.39 is 78.6 Å². The maximum atomic E-state index is 14.0. The number of guanidine groups is 1. The largest absolute Gasteiger partial charge is 0.487 e. The number of unbranched alkanes of at least 4 members (excludes halogenated alkanes) is 1. The Kier molecular flexibility index (Phi) is 17.1. The second kappa shape index (κ2) is 22.6. The summed E-state index contributed by atoms with van der Waals surface area (Å²) in [7, 11) is 1.29. The van der Waals surface area contributed by atoms with Gasteiger partial charge in [0.2, 0.25) is 29.5 Å². The Balaban J connectivity index is 1.51. The van der Waals surface area contributed by atoms with Crippen LogP contribution >= 0.6 is 0 Å². The summed E-state index contributed by atoms with van der Waals surface area (Å²) < 4.78 is 12.1. The van der Waals surface area contributed by atoms with Crippen molar-refractivity contribution in [1.82, 2.24) is 41.6 Å². The van der Waals surface area contributed by atoms with Gasteiger partial charge in [-0.05, 0) is 55.9 Å². The number of aliphatic carboxylic acids is 1. The summed E-state index contributed by atoms with van der Waals surface area (Å²) in [5.74, 6) is -5.67. The SMILES string of the molecule is COC(=O)c1cccc(OCc2cn(CCCC[C@@H]3NC(=O)[C@@H](Cc4ccccc4)NC(=O)[C@H](CC(=O)O)NC(=O)CNC(=O)[C@H](CCCN=C(N)N)NC3=O)nn2)c1. The van der Waals surface area contributed by atoms with Gasteiger partial charge in [0.25, 0.3) is 0 Å². The van der Waals surface area contributed by atoms with Crippen LogP contribution in [0.2, 0.25) is 0 Å². The van der Waals surface area contributed by atoms with Crippen LogP contribution < -0.4 is 42.8 Å². The number of rotatable bonds is 17. The molecule has 4 atom stereocenters. The van der Waals surface area contributed by atoms with Crippen LogP contribution in [0, 0.1) is 0 Å². The van der Waals surface area contributed by atoms with Gasteiger partial charge in [0.1, 0.15) is 42.2 Å². The molecule has 1 aromatic heterocycles. The highest BCUT2D eigenvalue weighted by molar-refractivity contribution is 5.98. The molecule has 10 N–H and O–H groups in total. The number of benzene rings is 2. The lowest BCUT2D eigenvalue weighted by atomic mass is 10.0. The van der Waals surface area contributed by atoms with Gasteiger partial charge in [-0.2, -0.15) is 0 Å². The number of nitrogens with zero attached hydrogens (tertiary/aromatic N) is 4. The average Bonchev–Trinajstić information content (AvgIpc) is 3.67. The van der Waals surface area contributed by atoms with Crippen molar-refractivity contribution >= 4 is 47.4 Å². The van der Waals surface area contributed by atoms with Crippen molar-refractivity contribution in [2.24, 2.45) is 16.5 Å². The summed E-state index contributed by atoms with van der Waals surface area (Å²) >= 11 is 0. The minimum Gasteiger partial charge on any atom is -0.487 e. The fourth-order valence-corrected chi connectivity index (χ4v) is 5.96. The Labute approximate surface area is 339 Å². The van der Waals surface area contributed by atoms with Gasteiger partial charge in [-0.1, -0.05) is 41.6 Å². The van der Waals surface area contributed by atoms with E-state index >= 15 is 0 Å². The zero-order valence-corrected chi connectivity index (χ0v) is 32.4. The Morgan fingerprint density at radius 3 is 2.24 bits per heavy atom. The van der Waals surface area contributed by atoms with Crippen molar-refractivity contribution in [1.29, 1.82) is 0 Å². The molecule has 0 radical (unpaired) electrons. The number of ether oxygens (including phenoxy) is 2. The molecule has 1 aliphatic heterocycles. The van der Waals surface area contributed by atoms with Gasteiger partial charge in [0.15, 0.2) is 5.96 Å². The zero-order valence-electron chi connectivity index (χ0n) is 32.4. The number of carbonyl (C=O) groups excluding carboxylic acids is 6. The summed E-state index contributed by atoms with van der Waals surface area (Å²) in [6.45, 7) is -0.0639. The second-order valence-corrected chi connectivity index (χ2v) is 13.5. The van der Waals surface area contributed by atoms with Crippen molar-refractivity contribution in [2.75, 3.05) is 20.2 Å². The summed E-state index contributed by atoms with van der Waals surface area (Å²) in [5.41, 5.74) is 12.3. The number of hydrogen-bond acceptors (Lipinski definition) is 12. The number of nitrogens with one attached hydrogen (secondary N) is 5. The van der Waals surface area contributed by atoms with E-state index in [2.05, 4.69) is 41.9 Å². The fourth-order valence-electron chi connectivity index (χ4n) is 5.96. The fraction of sp³-hybridized carbons (Fsp3) is 0.421. The van der Waals surface area contributed by atoms with E-state index in [1.807, 2.05) is 0 Å². The third kappa shape index (κ3) is 15.1. The van der Waals surface area contributed by atoms with Crippen LogP contribution in [0.3, 0.4) is 0 Å². The van der Waals surface area contributed by atoms with Crippen molar-refractivity contribution in [3.63, 3.8) is 0 Å². The maximum Gasteiger partial charge on any atom is 0.337 e.